The molecule has 0 radical (unpaired) electrons. The molecule has 2 aliphatic heterocycles. The summed E-state index contributed by atoms with van der Waals surface area (Å²) in [7, 11) is 1.28. The van der Waals surface area contributed by atoms with Gasteiger partial charge in [-0.05, 0) is 12.8 Å². The molecule has 2 saturated heterocycles. The first kappa shape index (κ1) is 20.9. The predicted molar refractivity (Wildman–Crippen MR) is 93.5 cm³/mol. The largest absolute Gasteiger partial charge is 0.468 e. The Hall–Kier alpha value is -1.36. The van der Waals surface area contributed by atoms with Crippen molar-refractivity contribution in [2.45, 2.75) is 43.7 Å². The lowest BCUT2D eigenvalue weighted by molar-refractivity contribution is -0.137. The van der Waals surface area contributed by atoms with Gasteiger partial charge in [0.25, 0.3) is 0 Å². The number of hydrogen-bond acceptors (Lipinski definition) is 8. The van der Waals surface area contributed by atoms with Crippen LogP contribution in [0, 0.1) is 0 Å². The third-order valence-electron chi connectivity index (χ3n) is 4.48. The number of thioether (sulfide) groups is 1. The summed E-state index contributed by atoms with van der Waals surface area (Å²) in [4.78, 5) is 36.6. The van der Waals surface area contributed by atoms with Gasteiger partial charge >= 0.3 is 5.97 Å². The van der Waals surface area contributed by atoms with Crippen molar-refractivity contribution in [2.24, 2.45) is 0 Å². The molecule has 0 bridgehead atoms. The average molecular weight is 390 g/mol. The van der Waals surface area contributed by atoms with Crippen LogP contribution >= 0.6 is 11.8 Å². The molecule has 26 heavy (non-hydrogen) atoms. The normalized spacial score (nSPS) is 28.2. The highest BCUT2D eigenvalue weighted by molar-refractivity contribution is 8.00. The van der Waals surface area contributed by atoms with Crippen LogP contribution in [-0.2, 0) is 23.9 Å². The van der Waals surface area contributed by atoms with E-state index in [0.29, 0.717) is 13.1 Å². The van der Waals surface area contributed by atoms with E-state index < -0.39 is 30.4 Å². The lowest BCUT2D eigenvalue weighted by Gasteiger charge is -2.19. The average Bonchev–Trinajstić information content (AvgIpc) is 3.24. The van der Waals surface area contributed by atoms with E-state index in [1.165, 1.54) is 7.11 Å². The summed E-state index contributed by atoms with van der Waals surface area (Å²) >= 11 is 1.11. The fourth-order valence-corrected chi connectivity index (χ4v) is 3.66. The zero-order valence-electron chi connectivity index (χ0n) is 14.8. The maximum Gasteiger partial charge on any atom is 0.315 e. The lowest BCUT2D eigenvalue weighted by atomic mass is 10.1. The van der Waals surface area contributed by atoms with Crippen molar-refractivity contribution < 1.29 is 34.1 Å². The Balaban J connectivity index is 1.71. The minimum absolute atomic E-state index is 0.0116. The molecule has 0 aliphatic carbocycles. The van der Waals surface area contributed by atoms with Gasteiger partial charge in [0.2, 0.25) is 11.8 Å². The molecule has 2 heterocycles. The van der Waals surface area contributed by atoms with Crippen molar-refractivity contribution in [2.75, 3.05) is 38.2 Å². The number of amides is 2. The number of likely N-dealkylation sites (tertiary alicyclic amines) is 1. The molecule has 2 amide bonds. The number of aliphatic hydroxyl groups is 2. The molecule has 2 fully saturated rings. The van der Waals surface area contributed by atoms with Gasteiger partial charge in [0, 0.05) is 19.6 Å². The number of methoxy groups -OCH3 is 1. The molecule has 0 aromatic rings. The number of ether oxygens (including phenoxy) is 2. The van der Waals surface area contributed by atoms with Crippen LogP contribution < -0.4 is 5.32 Å². The molecular weight excluding hydrogens is 364 g/mol. The SMILES string of the molecule is COC(=O)CSCC(=O)NC[C@H]1O[C@@H](CC(=O)N2CCCC2)[C@H](O)[C@@H]1O. The minimum atomic E-state index is -1.17. The fourth-order valence-electron chi connectivity index (χ4n) is 2.98. The van der Waals surface area contributed by atoms with Gasteiger partial charge in [-0.3, -0.25) is 14.4 Å². The summed E-state index contributed by atoms with van der Waals surface area (Å²) in [6.07, 6.45) is -1.94. The Morgan fingerprint density at radius 1 is 1.15 bits per heavy atom. The van der Waals surface area contributed by atoms with Gasteiger partial charge in [-0.1, -0.05) is 0 Å². The van der Waals surface area contributed by atoms with Crippen molar-refractivity contribution in [3.63, 3.8) is 0 Å². The number of carbonyl (C=O) groups is 3. The Morgan fingerprint density at radius 3 is 2.46 bits per heavy atom. The summed E-state index contributed by atoms with van der Waals surface area (Å²) in [6, 6.07) is 0. The van der Waals surface area contributed by atoms with E-state index in [1.807, 2.05) is 0 Å². The molecule has 0 aromatic carbocycles. The highest BCUT2D eigenvalue weighted by Gasteiger charge is 2.43. The van der Waals surface area contributed by atoms with E-state index in [2.05, 4.69) is 10.1 Å². The summed E-state index contributed by atoms with van der Waals surface area (Å²) in [6.45, 7) is 1.45. The molecule has 3 N–H and O–H groups in total. The third-order valence-corrected chi connectivity index (χ3v) is 5.38. The first-order chi connectivity index (χ1) is 12.4. The first-order valence-electron chi connectivity index (χ1n) is 8.63. The zero-order valence-corrected chi connectivity index (χ0v) is 15.6. The molecular formula is C16H26N2O7S. The molecule has 0 aromatic heterocycles. The summed E-state index contributed by atoms with van der Waals surface area (Å²) in [5.41, 5.74) is 0. The van der Waals surface area contributed by atoms with Crippen molar-refractivity contribution in [1.29, 1.82) is 0 Å². The van der Waals surface area contributed by atoms with Crippen LogP contribution in [-0.4, -0.2) is 95.6 Å². The molecule has 0 spiro atoms. The zero-order chi connectivity index (χ0) is 19.1. The lowest BCUT2D eigenvalue weighted by Crippen LogP contribution is -2.40. The molecule has 148 valence electrons. The number of hydrogen-bond donors (Lipinski definition) is 3. The van der Waals surface area contributed by atoms with Crippen molar-refractivity contribution in [3.05, 3.63) is 0 Å². The molecule has 10 heteroatoms. The van der Waals surface area contributed by atoms with Crippen LogP contribution in [0.15, 0.2) is 0 Å². The van der Waals surface area contributed by atoms with Gasteiger partial charge in [-0.25, -0.2) is 0 Å². The predicted octanol–water partition coefficient (Wildman–Crippen LogP) is -1.49. The molecule has 9 nitrogen and oxygen atoms in total. The summed E-state index contributed by atoms with van der Waals surface area (Å²) in [5, 5.41) is 22.8. The van der Waals surface area contributed by atoms with Crippen LogP contribution in [0.5, 0.6) is 0 Å². The van der Waals surface area contributed by atoms with Gasteiger partial charge in [0.15, 0.2) is 0 Å². The Bertz CT molecular complexity index is 513. The van der Waals surface area contributed by atoms with E-state index in [9.17, 15) is 24.6 Å². The summed E-state index contributed by atoms with van der Waals surface area (Å²) < 4.78 is 10.1. The second-order valence-electron chi connectivity index (χ2n) is 6.36. The molecule has 2 rings (SSSR count). The topological polar surface area (TPSA) is 125 Å². The monoisotopic (exact) mass is 390 g/mol. The Kier molecular flexibility index (Phi) is 8.14. The Morgan fingerprint density at radius 2 is 1.81 bits per heavy atom. The maximum absolute atomic E-state index is 12.2. The van der Waals surface area contributed by atoms with E-state index in [4.69, 9.17) is 4.74 Å². The molecule has 0 unspecified atom stereocenters. The molecule has 4 atom stereocenters. The number of aliphatic hydroxyl groups excluding tert-OH is 2. The second-order valence-corrected chi connectivity index (χ2v) is 7.34. The Labute approximate surface area is 156 Å². The van der Waals surface area contributed by atoms with E-state index in [1.54, 1.807) is 4.90 Å². The maximum atomic E-state index is 12.2. The van der Waals surface area contributed by atoms with E-state index >= 15 is 0 Å². The molecule has 2 aliphatic rings. The highest BCUT2D eigenvalue weighted by Crippen LogP contribution is 2.24. The standard InChI is InChI=1S/C16H26N2O7S/c1-24-14(21)9-26-8-12(19)17-7-11-16(23)15(22)10(25-11)6-13(20)18-4-2-3-5-18/h10-11,15-16,22-23H,2-9H2,1H3,(H,17,19)/t10-,11+,15-,16+/m0/s1. The van der Waals surface area contributed by atoms with Crippen molar-refractivity contribution in [1.82, 2.24) is 10.2 Å². The number of esters is 1. The third kappa shape index (κ3) is 5.83. The van der Waals surface area contributed by atoms with Crippen LogP contribution in [0.2, 0.25) is 0 Å². The number of nitrogens with one attached hydrogen (secondary N) is 1. The first-order valence-corrected chi connectivity index (χ1v) is 9.78. The van der Waals surface area contributed by atoms with Gasteiger partial charge < -0.3 is 29.9 Å². The number of nitrogens with zero attached hydrogens (tertiary/aromatic N) is 1. The fraction of sp³-hybridized carbons (Fsp3) is 0.812. The number of rotatable bonds is 8. The van der Waals surface area contributed by atoms with E-state index in [-0.39, 0.29) is 36.3 Å². The van der Waals surface area contributed by atoms with Crippen LogP contribution in [0.1, 0.15) is 19.3 Å². The minimum Gasteiger partial charge on any atom is -0.468 e. The second kappa shape index (κ2) is 10.1. The van der Waals surface area contributed by atoms with Crippen molar-refractivity contribution >= 4 is 29.5 Å². The van der Waals surface area contributed by atoms with Crippen LogP contribution in [0.3, 0.4) is 0 Å². The van der Waals surface area contributed by atoms with Crippen LogP contribution in [0.4, 0.5) is 0 Å². The number of carbonyl (C=O) groups excluding carboxylic acids is 3. The highest BCUT2D eigenvalue weighted by atomic mass is 32.2. The van der Waals surface area contributed by atoms with Crippen LogP contribution in [0.25, 0.3) is 0 Å². The van der Waals surface area contributed by atoms with Gasteiger partial charge in [0.1, 0.15) is 18.3 Å². The van der Waals surface area contributed by atoms with Gasteiger partial charge in [0.05, 0.1) is 31.1 Å². The van der Waals surface area contributed by atoms with Gasteiger partial charge in [-0.15, -0.1) is 11.8 Å². The van der Waals surface area contributed by atoms with E-state index in [0.717, 1.165) is 24.6 Å². The van der Waals surface area contributed by atoms with Gasteiger partial charge in [-0.2, -0.15) is 0 Å². The van der Waals surface area contributed by atoms with Crippen molar-refractivity contribution in [3.8, 4) is 0 Å². The summed E-state index contributed by atoms with van der Waals surface area (Å²) in [5.74, 6) is -0.683. The quantitative estimate of drug-likeness (QED) is 0.428. The molecule has 0 saturated carbocycles. The smallest absolute Gasteiger partial charge is 0.315 e.